The molecular formula is C32H30Br2N2O6. The Labute approximate surface area is 258 Å². The number of carboxylic acid groups (broad SMARTS) is 2. The van der Waals surface area contributed by atoms with Crippen molar-refractivity contribution in [3.8, 4) is 0 Å². The summed E-state index contributed by atoms with van der Waals surface area (Å²) in [5.41, 5.74) is -0.313. The molecule has 2 atom stereocenters. The molecule has 218 valence electrons. The van der Waals surface area contributed by atoms with Crippen LogP contribution in [-0.4, -0.2) is 47.1 Å². The molecule has 5 rings (SSSR count). The number of alkyl halides is 1. The van der Waals surface area contributed by atoms with Gasteiger partial charge in [0.05, 0.1) is 17.1 Å². The number of carboxylic acids is 2. The molecule has 0 heterocycles. The molecule has 10 heteroatoms. The van der Waals surface area contributed by atoms with E-state index in [9.17, 15) is 29.4 Å². The van der Waals surface area contributed by atoms with Crippen molar-refractivity contribution < 1.29 is 29.4 Å². The van der Waals surface area contributed by atoms with Crippen molar-refractivity contribution in [3.63, 3.8) is 0 Å². The van der Waals surface area contributed by atoms with Gasteiger partial charge in [-0.2, -0.15) is 0 Å². The molecule has 0 bridgehead atoms. The van der Waals surface area contributed by atoms with Gasteiger partial charge in [-0.05, 0) is 57.5 Å². The molecule has 4 N–H and O–H groups in total. The quantitative estimate of drug-likeness (QED) is 0.0737. The minimum atomic E-state index is -1.86. The van der Waals surface area contributed by atoms with E-state index in [1.165, 1.54) is 6.07 Å². The third kappa shape index (κ3) is 4.55. The van der Waals surface area contributed by atoms with Crippen molar-refractivity contribution >= 4 is 93.5 Å². The molecule has 2 unspecified atom stereocenters. The molecule has 0 spiro atoms. The molecule has 0 saturated carbocycles. The van der Waals surface area contributed by atoms with E-state index >= 15 is 0 Å². The first-order chi connectivity index (χ1) is 20.1. The van der Waals surface area contributed by atoms with Gasteiger partial charge in [0.2, 0.25) is 11.8 Å². The first-order valence-corrected chi connectivity index (χ1v) is 15.5. The van der Waals surface area contributed by atoms with Gasteiger partial charge in [0.25, 0.3) is 0 Å². The Balaban J connectivity index is 2.06. The fraction of sp³-hybridized carbons (Fsp3) is 0.312. The van der Waals surface area contributed by atoms with E-state index in [0.29, 0.717) is 41.1 Å². The van der Waals surface area contributed by atoms with Crippen molar-refractivity contribution in [1.82, 2.24) is 10.6 Å². The summed E-state index contributed by atoms with van der Waals surface area (Å²) in [7, 11) is 0. The van der Waals surface area contributed by atoms with Crippen LogP contribution in [0.3, 0.4) is 0 Å². The van der Waals surface area contributed by atoms with Crippen molar-refractivity contribution in [2.75, 3.05) is 13.1 Å². The number of hydrogen-bond donors (Lipinski definition) is 4. The Morgan fingerprint density at radius 3 is 2.17 bits per heavy atom. The number of fused-ring (bicyclic) bond motifs is 2. The number of carbonyl (C=O) groups excluding carboxylic acids is 2. The maximum atomic E-state index is 14.3. The lowest BCUT2D eigenvalue weighted by Gasteiger charge is -2.39. The predicted octanol–water partition coefficient (Wildman–Crippen LogP) is 5.61. The highest BCUT2D eigenvalue weighted by Crippen LogP contribution is 2.53. The van der Waals surface area contributed by atoms with Crippen LogP contribution in [0.2, 0.25) is 0 Å². The fourth-order valence-electron chi connectivity index (χ4n) is 6.14. The number of carbonyl (C=O) groups is 4. The minimum Gasteiger partial charge on any atom is -0.478 e. The van der Waals surface area contributed by atoms with E-state index < -0.39 is 39.6 Å². The number of benzene rings is 4. The molecule has 1 aliphatic rings. The lowest BCUT2D eigenvalue weighted by atomic mass is 9.69. The van der Waals surface area contributed by atoms with Gasteiger partial charge in [-0.1, -0.05) is 88.9 Å². The number of halogens is 2. The molecule has 0 aliphatic heterocycles. The Morgan fingerprint density at radius 1 is 0.833 bits per heavy atom. The average molecular weight is 698 g/mol. The smallest absolute Gasteiger partial charge is 0.336 e. The monoisotopic (exact) mass is 696 g/mol. The van der Waals surface area contributed by atoms with Crippen LogP contribution in [0.4, 0.5) is 0 Å². The number of rotatable bonds is 10. The molecule has 2 amide bonds. The van der Waals surface area contributed by atoms with Crippen LogP contribution in [0.25, 0.3) is 37.9 Å². The van der Waals surface area contributed by atoms with Gasteiger partial charge in [-0.3, -0.25) is 9.59 Å². The number of amides is 2. The summed E-state index contributed by atoms with van der Waals surface area (Å²) in [6.07, 6.45) is 2.94. The van der Waals surface area contributed by atoms with Gasteiger partial charge >= 0.3 is 11.9 Å². The van der Waals surface area contributed by atoms with E-state index in [4.69, 9.17) is 0 Å². The summed E-state index contributed by atoms with van der Waals surface area (Å²) < 4.78 is -1.13. The molecule has 0 aromatic heterocycles. The number of aromatic carboxylic acids is 1. The summed E-state index contributed by atoms with van der Waals surface area (Å²) in [6.45, 7) is 4.54. The second-order valence-corrected chi connectivity index (χ2v) is 12.6. The normalized spacial score (nSPS) is 18.0. The molecule has 1 aliphatic carbocycles. The lowest BCUT2D eigenvalue weighted by Crippen LogP contribution is -2.55. The largest absolute Gasteiger partial charge is 0.478 e. The summed E-state index contributed by atoms with van der Waals surface area (Å²) in [4.78, 5) is 54.2. The lowest BCUT2D eigenvalue weighted by molar-refractivity contribution is -0.135. The standard InChI is InChI=1S/C32H30Br2N2O6/c1-3-5-14-35-28(37)27-25(30(40)41)23-19(29(38)39)12-11-17-22-20(33)13-10-16-8-7-9-18(21(16)22)26(24(17)23)32(27,34)31(42)36-15-6-4-2/h7-13,27H,3-6,14-15H2,1-2H3,(H,35,37)(H,36,42)(H,38,39)(H,40,41). The van der Waals surface area contributed by atoms with Crippen LogP contribution in [-0.2, 0) is 18.7 Å². The SMILES string of the molecule is CCCCNC(=O)C1C(C(=O)O)=c2c(C(=O)O)ccc3c2c(c2cccc4ccc(Br)c3c42)C1(Br)C(=O)NCCCC. The highest BCUT2D eigenvalue weighted by molar-refractivity contribution is 9.10. The topological polar surface area (TPSA) is 133 Å². The van der Waals surface area contributed by atoms with Crippen LogP contribution in [0.1, 0.15) is 55.5 Å². The number of unbranched alkanes of at least 4 members (excludes halogenated alkanes) is 2. The number of hydrogen-bond acceptors (Lipinski definition) is 4. The van der Waals surface area contributed by atoms with Crippen LogP contribution < -0.4 is 15.9 Å². The third-order valence-electron chi connectivity index (χ3n) is 8.01. The second-order valence-electron chi connectivity index (χ2n) is 10.5. The minimum absolute atomic E-state index is 0.0621. The zero-order valence-corrected chi connectivity index (χ0v) is 26.3. The van der Waals surface area contributed by atoms with Gasteiger partial charge in [-0.25, -0.2) is 9.59 Å². The van der Waals surface area contributed by atoms with Gasteiger partial charge in [0, 0.05) is 28.2 Å². The summed E-state index contributed by atoms with van der Waals surface area (Å²) in [5.74, 6) is -5.61. The summed E-state index contributed by atoms with van der Waals surface area (Å²) in [5, 5.41) is 30.6. The Morgan fingerprint density at radius 2 is 1.52 bits per heavy atom. The maximum absolute atomic E-state index is 14.3. The van der Waals surface area contributed by atoms with Crippen molar-refractivity contribution in [3.05, 3.63) is 63.3 Å². The Hall–Kier alpha value is -3.50. The van der Waals surface area contributed by atoms with Crippen LogP contribution in [0.5, 0.6) is 0 Å². The highest BCUT2D eigenvalue weighted by atomic mass is 79.9. The molecule has 8 nitrogen and oxygen atoms in total. The van der Waals surface area contributed by atoms with Gasteiger partial charge in [-0.15, -0.1) is 0 Å². The van der Waals surface area contributed by atoms with E-state index in [1.807, 2.05) is 44.2 Å². The molecule has 4 aromatic carbocycles. The van der Waals surface area contributed by atoms with Crippen LogP contribution in [0, 0.1) is 5.92 Å². The highest BCUT2D eigenvalue weighted by Gasteiger charge is 2.56. The Kier molecular flexibility index (Phi) is 8.31. The van der Waals surface area contributed by atoms with Gasteiger partial charge < -0.3 is 20.8 Å². The summed E-state index contributed by atoms with van der Waals surface area (Å²) in [6, 6.07) is 12.5. The van der Waals surface area contributed by atoms with E-state index in [-0.39, 0.29) is 17.3 Å². The average Bonchev–Trinajstić information content (AvgIpc) is 2.96. The zero-order valence-electron chi connectivity index (χ0n) is 23.1. The molecular weight excluding hydrogens is 668 g/mol. The molecule has 0 saturated heterocycles. The molecule has 4 aromatic rings. The molecule has 0 fully saturated rings. The molecule has 0 radical (unpaired) electrons. The molecule has 42 heavy (non-hydrogen) atoms. The van der Waals surface area contributed by atoms with Gasteiger partial charge in [0.1, 0.15) is 4.32 Å². The van der Waals surface area contributed by atoms with Crippen molar-refractivity contribution in [2.45, 2.75) is 43.9 Å². The first kappa shape index (κ1) is 30.0. The van der Waals surface area contributed by atoms with Crippen molar-refractivity contribution in [2.24, 2.45) is 5.92 Å². The maximum Gasteiger partial charge on any atom is 0.336 e. The number of aliphatic carboxylic acids is 1. The second kappa shape index (κ2) is 11.6. The zero-order chi connectivity index (χ0) is 30.3. The Bertz CT molecular complexity index is 1850. The van der Waals surface area contributed by atoms with E-state index in [1.54, 1.807) is 6.07 Å². The first-order valence-electron chi connectivity index (χ1n) is 13.9. The van der Waals surface area contributed by atoms with Gasteiger partial charge in [0.15, 0.2) is 0 Å². The van der Waals surface area contributed by atoms with Crippen LogP contribution >= 0.6 is 31.9 Å². The van der Waals surface area contributed by atoms with E-state index in [0.717, 1.165) is 33.5 Å². The van der Waals surface area contributed by atoms with Crippen LogP contribution in [0.15, 0.2) is 46.9 Å². The van der Waals surface area contributed by atoms with E-state index in [2.05, 4.69) is 42.5 Å². The number of nitrogens with one attached hydrogen (secondary N) is 2. The summed E-state index contributed by atoms with van der Waals surface area (Å²) >= 11 is 7.36. The third-order valence-corrected chi connectivity index (χ3v) is 9.88. The predicted molar refractivity (Wildman–Crippen MR) is 170 cm³/mol. The fourth-order valence-corrected chi connectivity index (χ4v) is 7.67. The van der Waals surface area contributed by atoms with Crippen molar-refractivity contribution in [1.29, 1.82) is 0 Å².